The Balaban J connectivity index is 0.000000835. The molecule has 17 heteroatoms. The van der Waals surface area contributed by atoms with E-state index in [1.807, 2.05) is 0 Å². The van der Waals surface area contributed by atoms with Gasteiger partial charge in [-0.2, -0.15) is 0 Å². The highest BCUT2D eigenvalue weighted by atomic mass is 35.5. The van der Waals surface area contributed by atoms with E-state index in [4.69, 9.17) is 47.9 Å². The average molecular weight is 748 g/mol. The lowest BCUT2D eigenvalue weighted by atomic mass is 10.1. The molecule has 0 saturated heterocycles. The predicted octanol–water partition coefficient (Wildman–Crippen LogP) is 6.76. The number of nitrogen functional groups attached to an aromatic ring is 1. The molecular weight excluding hydrogens is 711 g/mol. The molecule has 3 N–H and O–H groups in total. The zero-order valence-electron chi connectivity index (χ0n) is 27.6. The number of nitrogens with one attached hydrogen (secondary N) is 1. The summed E-state index contributed by atoms with van der Waals surface area (Å²) in [6, 6.07) is 8.61. The SMILES string of the molecule is C=C(C)C(OC(=O)c1cc(N)ccc1Cl)C(=O)OCC.C=C(C)C(OC(=O)c1cc(NC(=O)OC)ccc1Cl)C(=O)OCC.COC(=O)Cl. The van der Waals surface area contributed by atoms with Crippen molar-refractivity contribution < 1.29 is 57.2 Å². The highest BCUT2D eigenvalue weighted by Crippen LogP contribution is 2.24. The zero-order valence-corrected chi connectivity index (χ0v) is 29.8. The van der Waals surface area contributed by atoms with Crippen LogP contribution in [0.2, 0.25) is 10.0 Å². The van der Waals surface area contributed by atoms with Crippen molar-refractivity contribution in [3.05, 3.63) is 81.9 Å². The summed E-state index contributed by atoms with van der Waals surface area (Å²) in [6.07, 6.45) is -3.12. The molecule has 268 valence electrons. The molecule has 0 fully saturated rings. The van der Waals surface area contributed by atoms with Gasteiger partial charge in [-0.15, -0.1) is 0 Å². The molecular formula is C32H37Cl3N2O12. The summed E-state index contributed by atoms with van der Waals surface area (Å²) in [5.74, 6) is -3.01. The summed E-state index contributed by atoms with van der Waals surface area (Å²) in [5, 5.41) is 2.68. The lowest BCUT2D eigenvalue weighted by Crippen LogP contribution is -2.30. The molecule has 0 aliphatic carbocycles. The van der Waals surface area contributed by atoms with E-state index in [1.165, 1.54) is 51.5 Å². The number of carbonyl (C=O) groups is 6. The summed E-state index contributed by atoms with van der Waals surface area (Å²) >= 11 is 16.5. The van der Waals surface area contributed by atoms with Crippen molar-refractivity contribution in [1.29, 1.82) is 0 Å². The Morgan fingerprint density at radius 3 is 1.53 bits per heavy atom. The molecule has 2 unspecified atom stereocenters. The fourth-order valence-corrected chi connectivity index (χ4v) is 3.49. The van der Waals surface area contributed by atoms with Gasteiger partial charge in [0.15, 0.2) is 0 Å². The minimum atomic E-state index is -1.24. The van der Waals surface area contributed by atoms with E-state index in [2.05, 4.69) is 39.5 Å². The van der Waals surface area contributed by atoms with Crippen LogP contribution >= 0.6 is 34.8 Å². The van der Waals surface area contributed by atoms with Crippen molar-refractivity contribution >= 4 is 81.6 Å². The molecule has 2 atom stereocenters. The number of nitrogens with two attached hydrogens (primary N) is 1. The molecule has 0 radical (unpaired) electrons. The van der Waals surface area contributed by atoms with Gasteiger partial charge in [0.05, 0.1) is 48.6 Å². The number of hydrogen-bond donors (Lipinski definition) is 2. The average Bonchev–Trinajstić information content (AvgIpc) is 3.04. The Bertz CT molecular complexity index is 1530. The first kappa shape index (κ1) is 44.2. The van der Waals surface area contributed by atoms with Gasteiger partial charge in [-0.25, -0.2) is 28.8 Å². The van der Waals surface area contributed by atoms with Crippen LogP contribution in [0.5, 0.6) is 0 Å². The third kappa shape index (κ3) is 16.2. The molecule has 0 bridgehead atoms. The maximum atomic E-state index is 12.3. The van der Waals surface area contributed by atoms with E-state index in [1.54, 1.807) is 26.8 Å². The smallest absolute Gasteiger partial charge is 0.411 e. The summed E-state index contributed by atoms with van der Waals surface area (Å²) < 4.78 is 28.2. The number of ether oxygens (including phenoxy) is 6. The first-order valence-corrected chi connectivity index (χ1v) is 15.1. The van der Waals surface area contributed by atoms with Crippen LogP contribution in [-0.4, -0.2) is 75.0 Å². The van der Waals surface area contributed by atoms with Crippen LogP contribution in [0.3, 0.4) is 0 Å². The lowest BCUT2D eigenvalue weighted by Gasteiger charge is -2.17. The van der Waals surface area contributed by atoms with Gasteiger partial charge in [-0.3, -0.25) is 5.32 Å². The maximum absolute atomic E-state index is 12.3. The minimum Gasteiger partial charge on any atom is -0.463 e. The molecule has 0 aliphatic rings. The summed E-state index contributed by atoms with van der Waals surface area (Å²) in [7, 11) is 2.42. The van der Waals surface area contributed by atoms with Crippen LogP contribution in [0.1, 0.15) is 48.4 Å². The Morgan fingerprint density at radius 2 is 1.16 bits per heavy atom. The van der Waals surface area contributed by atoms with Gasteiger partial charge >= 0.3 is 35.4 Å². The van der Waals surface area contributed by atoms with Crippen molar-refractivity contribution in [2.45, 2.75) is 39.9 Å². The monoisotopic (exact) mass is 746 g/mol. The van der Waals surface area contributed by atoms with Gasteiger partial charge < -0.3 is 34.2 Å². The fourth-order valence-electron chi connectivity index (χ4n) is 3.10. The molecule has 2 aromatic rings. The zero-order chi connectivity index (χ0) is 37.8. The Morgan fingerprint density at radius 1 is 0.755 bits per heavy atom. The van der Waals surface area contributed by atoms with E-state index in [9.17, 15) is 28.8 Å². The van der Waals surface area contributed by atoms with Crippen LogP contribution in [0.4, 0.5) is 21.0 Å². The lowest BCUT2D eigenvalue weighted by molar-refractivity contribution is -0.152. The maximum Gasteiger partial charge on any atom is 0.411 e. The summed E-state index contributed by atoms with van der Waals surface area (Å²) in [5.41, 5.74) is 6.18. The number of rotatable bonds is 11. The first-order valence-electron chi connectivity index (χ1n) is 13.9. The number of esters is 4. The summed E-state index contributed by atoms with van der Waals surface area (Å²) in [6.45, 7) is 13.9. The molecule has 2 rings (SSSR count). The number of carbonyl (C=O) groups excluding carboxylic acids is 6. The molecule has 1 amide bonds. The van der Waals surface area contributed by atoms with Gasteiger partial charge in [0.2, 0.25) is 12.2 Å². The van der Waals surface area contributed by atoms with Crippen molar-refractivity contribution in [3.8, 4) is 0 Å². The molecule has 0 spiro atoms. The van der Waals surface area contributed by atoms with E-state index in [0.29, 0.717) is 16.8 Å². The molecule has 49 heavy (non-hydrogen) atoms. The van der Waals surface area contributed by atoms with Gasteiger partial charge in [-0.1, -0.05) is 36.4 Å². The van der Waals surface area contributed by atoms with Crippen LogP contribution < -0.4 is 11.1 Å². The van der Waals surface area contributed by atoms with Crippen LogP contribution in [0, 0.1) is 0 Å². The highest BCUT2D eigenvalue weighted by molar-refractivity contribution is 6.61. The topological polar surface area (TPSA) is 196 Å². The fraction of sp³-hybridized carbons (Fsp3) is 0.312. The quantitative estimate of drug-likeness (QED) is 0.0805. The van der Waals surface area contributed by atoms with Crippen molar-refractivity contribution in [2.24, 2.45) is 0 Å². The predicted molar refractivity (Wildman–Crippen MR) is 183 cm³/mol. The molecule has 0 aromatic heterocycles. The molecule has 2 aromatic carbocycles. The minimum absolute atomic E-state index is 0.0267. The second-order valence-electron chi connectivity index (χ2n) is 9.26. The molecule has 0 aliphatic heterocycles. The van der Waals surface area contributed by atoms with Crippen LogP contribution in [0.15, 0.2) is 60.7 Å². The van der Waals surface area contributed by atoms with Crippen molar-refractivity contribution in [1.82, 2.24) is 0 Å². The Labute approximate surface area is 298 Å². The van der Waals surface area contributed by atoms with Crippen LogP contribution in [0.25, 0.3) is 0 Å². The van der Waals surface area contributed by atoms with E-state index in [-0.39, 0.29) is 40.1 Å². The number of methoxy groups -OCH3 is 2. The van der Waals surface area contributed by atoms with Gasteiger partial charge in [0.1, 0.15) is 0 Å². The normalized spacial score (nSPS) is 10.9. The van der Waals surface area contributed by atoms with Crippen molar-refractivity contribution in [2.75, 3.05) is 38.5 Å². The van der Waals surface area contributed by atoms with Crippen LogP contribution in [-0.2, 0) is 38.0 Å². The third-order valence-corrected chi connectivity index (χ3v) is 6.15. The number of hydrogen-bond acceptors (Lipinski definition) is 13. The number of amides is 1. The van der Waals surface area contributed by atoms with E-state index < -0.39 is 47.6 Å². The first-order chi connectivity index (χ1) is 22.9. The standard InChI is InChI=1S/C16H18ClNO6.C14H16ClNO4.C2H3ClO2/c1-5-23-15(20)13(9(2)3)24-14(19)11-8-10(6-7-12(11)17)18-16(21)22-4;1-4-19-14(18)12(8(2)3)20-13(17)10-7-9(16)5-6-11(10)15;1-5-2(3)4/h6-8,13H,2,5H2,1,3-4H3,(H,18,21);5-7,12H,2,4,16H2,1,3H3;1H3. The largest absolute Gasteiger partial charge is 0.463 e. The van der Waals surface area contributed by atoms with Gasteiger partial charge in [0, 0.05) is 23.0 Å². The molecule has 14 nitrogen and oxygen atoms in total. The number of anilines is 2. The summed E-state index contributed by atoms with van der Waals surface area (Å²) in [4.78, 5) is 68.4. The van der Waals surface area contributed by atoms with Gasteiger partial charge in [0.25, 0.3) is 0 Å². The highest BCUT2D eigenvalue weighted by Gasteiger charge is 2.28. The van der Waals surface area contributed by atoms with E-state index in [0.717, 1.165) is 0 Å². The van der Waals surface area contributed by atoms with E-state index >= 15 is 0 Å². The van der Waals surface area contributed by atoms with Crippen molar-refractivity contribution in [3.63, 3.8) is 0 Å². The Kier molecular flexibility index (Phi) is 20.5. The molecule has 0 heterocycles. The third-order valence-electron chi connectivity index (χ3n) is 5.34. The molecule has 0 saturated carbocycles. The number of benzene rings is 2. The second-order valence-corrected chi connectivity index (χ2v) is 10.4. The Hall–Kier alpha value is -4.79. The van der Waals surface area contributed by atoms with Gasteiger partial charge in [-0.05, 0) is 75.2 Å². The number of halogens is 3. The second kappa shape index (κ2) is 22.7.